The lowest BCUT2D eigenvalue weighted by molar-refractivity contribution is -0.275. The van der Waals surface area contributed by atoms with Crippen LogP contribution < -0.4 is 4.74 Å². The third-order valence-electron chi connectivity index (χ3n) is 1.82. The number of halogens is 3. The molecule has 80 valence electrons. The Hall–Kier alpha value is -1.77. The Kier molecular flexibility index (Phi) is 2.84. The Morgan fingerprint density at radius 1 is 1.40 bits per heavy atom. The maximum absolute atomic E-state index is 11.9. The Bertz CT molecular complexity index is 421. The minimum atomic E-state index is -4.77. The van der Waals surface area contributed by atoms with Crippen molar-refractivity contribution in [3.63, 3.8) is 0 Å². The highest BCUT2D eigenvalue weighted by molar-refractivity contribution is 5.46. The van der Waals surface area contributed by atoms with Crippen molar-refractivity contribution < 1.29 is 17.9 Å². The van der Waals surface area contributed by atoms with E-state index in [2.05, 4.69) is 9.72 Å². The molecule has 6 heteroatoms. The molecule has 0 N–H and O–H groups in total. The number of pyridine rings is 1. The lowest BCUT2D eigenvalue weighted by Gasteiger charge is -2.12. The summed E-state index contributed by atoms with van der Waals surface area (Å²) in [5.41, 5.74) is 0.628. The van der Waals surface area contributed by atoms with Gasteiger partial charge in [0.1, 0.15) is 6.07 Å². The van der Waals surface area contributed by atoms with E-state index < -0.39 is 12.1 Å². The molecule has 0 amide bonds. The second kappa shape index (κ2) is 3.77. The summed E-state index contributed by atoms with van der Waals surface area (Å²) in [6.45, 7) is 2.93. The van der Waals surface area contributed by atoms with E-state index in [0.717, 1.165) is 6.20 Å². The van der Waals surface area contributed by atoms with E-state index in [0.29, 0.717) is 5.69 Å². The fourth-order valence-corrected chi connectivity index (χ4v) is 1.10. The van der Waals surface area contributed by atoms with E-state index >= 15 is 0 Å². The number of alkyl halides is 3. The smallest absolute Gasteiger partial charge is 0.404 e. The van der Waals surface area contributed by atoms with Crippen LogP contribution in [0.25, 0.3) is 0 Å². The third kappa shape index (κ3) is 2.59. The summed E-state index contributed by atoms with van der Waals surface area (Å²) in [5.74, 6) is -0.440. The summed E-state index contributed by atoms with van der Waals surface area (Å²) in [4.78, 5) is 3.65. The second-order valence-corrected chi connectivity index (χ2v) is 2.87. The van der Waals surface area contributed by atoms with Gasteiger partial charge >= 0.3 is 6.36 Å². The highest BCUT2D eigenvalue weighted by Gasteiger charge is 2.32. The van der Waals surface area contributed by atoms with E-state index in [9.17, 15) is 13.2 Å². The minimum Gasteiger partial charge on any atom is -0.404 e. The molecular weight excluding hydrogens is 209 g/mol. The highest BCUT2D eigenvalue weighted by atomic mass is 19.4. The van der Waals surface area contributed by atoms with E-state index in [1.807, 2.05) is 0 Å². The van der Waals surface area contributed by atoms with Crippen LogP contribution in [0.15, 0.2) is 6.20 Å². The first-order chi connectivity index (χ1) is 6.85. The molecule has 1 heterocycles. The Morgan fingerprint density at radius 3 is 2.47 bits per heavy atom. The molecule has 0 radical (unpaired) electrons. The zero-order valence-electron chi connectivity index (χ0n) is 8.01. The maximum atomic E-state index is 11.9. The van der Waals surface area contributed by atoms with Crippen LogP contribution in [-0.2, 0) is 0 Å². The molecule has 0 aromatic carbocycles. The van der Waals surface area contributed by atoms with Crippen LogP contribution in [0.2, 0.25) is 0 Å². The molecule has 0 unspecified atom stereocenters. The summed E-state index contributed by atoms with van der Waals surface area (Å²) < 4.78 is 39.5. The van der Waals surface area contributed by atoms with Crippen LogP contribution in [-0.4, -0.2) is 11.3 Å². The quantitative estimate of drug-likeness (QED) is 0.724. The molecule has 1 aromatic rings. The second-order valence-electron chi connectivity index (χ2n) is 2.87. The van der Waals surface area contributed by atoms with Crippen molar-refractivity contribution in [3.05, 3.63) is 23.0 Å². The van der Waals surface area contributed by atoms with Gasteiger partial charge in [0, 0.05) is 5.56 Å². The number of nitriles is 1. The summed E-state index contributed by atoms with van der Waals surface area (Å²) in [5, 5.41) is 8.70. The molecule has 1 aromatic heterocycles. The van der Waals surface area contributed by atoms with Gasteiger partial charge < -0.3 is 4.74 Å². The number of hydrogen-bond acceptors (Lipinski definition) is 3. The number of hydrogen-bond donors (Lipinski definition) is 0. The fourth-order valence-electron chi connectivity index (χ4n) is 1.10. The zero-order chi connectivity index (χ0) is 11.6. The van der Waals surface area contributed by atoms with E-state index in [4.69, 9.17) is 5.26 Å². The summed E-state index contributed by atoms with van der Waals surface area (Å²) >= 11 is 0. The summed E-state index contributed by atoms with van der Waals surface area (Å²) in [7, 11) is 0. The van der Waals surface area contributed by atoms with Gasteiger partial charge in [0.25, 0.3) is 0 Å². The SMILES string of the molecule is Cc1ncc(OC(F)(F)F)c(C)c1C#N. The Morgan fingerprint density at radius 2 is 2.00 bits per heavy atom. The Balaban J connectivity index is 3.18. The third-order valence-corrected chi connectivity index (χ3v) is 1.82. The van der Waals surface area contributed by atoms with Gasteiger partial charge in [-0.05, 0) is 13.8 Å². The molecule has 1 rings (SSSR count). The van der Waals surface area contributed by atoms with Gasteiger partial charge in [-0.1, -0.05) is 0 Å². The predicted octanol–water partition coefficient (Wildman–Crippen LogP) is 2.47. The minimum absolute atomic E-state index is 0.108. The number of aromatic nitrogens is 1. The van der Waals surface area contributed by atoms with Gasteiger partial charge in [-0.3, -0.25) is 4.98 Å². The van der Waals surface area contributed by atoms with E-state index in [-0.39, 0.29) is 11.1 Å². The molecule has 0 saturated carbocycles. The first-order valence-corrected chi connectivity index (χ1v) is 3.97. The van der Waals surface area contributed by atoms with E-state index in [1.165, 1.54) is 6.92 Å². The molecular formula is C9H7F3N2O. The van der Waals surface area contributed by atoms with Crippen LogP contribution in [0, 0.1) is 25.2 Å². The molecule has 3 nitrogen and oxygen atoms in total. The van der Waals surface area contributed by atoms with E-state index in [1.54, 1.807) is 13.0 Å². The van der Waals surface area contributed by atoms with Crippen molar-refractivity contribution in [2.75, 3.05) is 0 Å². The average molecular weight is 216 g/mol. The van der Waals surface area contributed by atoms with Crippen LogP contribution >= 0.6 is 0 Å². The molecule has 0 atom stereocenters. The van der Waals surface area contributed by atoms with Crippen LogP contribution in [0.3, 0.4) is 0 Å². The van der Waals surface area contributed by atoms with Gasteiger partial charge in [-0.2, -0.15) is 5.26 Å². The first kappa shape index (κ1) is 11.3. The first-order valence-electron chi connectivity index (χ1n) is 3.97. The normalized spacial score (nSPS) is 10.9. The molecule has 0 spiro atoms. The predicted molar refractivity (Wildman–Crippen MR) is 45.1 cm³/mol. The van der Waals surface area contributed by atoms with Gasteiger partial charge in [0.15, 0.2) is 5.75 Å². The molecule has 0 bridgehead atoms. The highest BCUT2D eigenvalue weighted by Crippen LogP contribution is 2.27. The zero-order valence-corrected chi connectivity index (χ0v) is 8.01. The average Bonchev–Trinajstić information content (AvgIpc) is 2.09. The number of nitrogens with zero attached hydrogens (tertiary/aromatic N) is 2. The molecule has 15 heavy (non-hydrogen) atoms. The lowest BCUT2D eigenvalue weighted by atomic mass is 10.1. The van der Waals surface area contributed by atoms with Crippen molar-refractivity contribution in [1.29, 1.82) is 5.26 Å². The van der Waals surface area contributed by atoms with Crippen LogP contribution in [0.5, 0.6) is 5.75 Å². The van der Waals surface area contributed by atoms with Crippen molar-refractivity contribution in [1.82, 2.24) is 4.98 Å². The molecule has 0 saturated heterocycles. The van der Waals surface area contributed by atoms with Crippen molar-refractivity contribution in [3.8, 4) is 11.8 Å². The fraction of sp³-hybridized carbons (Fsp3) is 0.333. The van der Waals surface area contributed by atoms with Crippen molar-refractivity contribution >= 4 is 0 Å². The number of rotatable bonds is 1. The summed E-state index contributed by atoms with van der Waals surface area (Å²) in [6.07, 6.45) is -3.81. The molecule has 0 aliphatic carbocycles. The van der Waals surface area contributed by atoms with Crippen LogP contribution in [0.4, 0.5) is 13.2 Å². The van der Waals surface area contributed by atoms with Crippen molar-refractivity contribution in [2.45, 2.75) is 20.2 Å². The number of aryl methyl sites for hydroxylation is 1. The monoisotopic (exact) mass is 216 g/mol. The van der Waals surface area contributed by atoms with Gasteiger partial charge in [0.2, 0.25) is 0 Å². The van der Waals surface area contributed by atoms with Crippen molar-refractivity contribution in [2.24, 2.45) is 0 Å². The number of ether oxygens (including phenoxy) is 1. The molecule has 0 fully saturated rings. The Labute approximate surface area is 84.1 Å². The van der Waals surface area contributed by atoms with Crippen LogP contribution in [0.1, 0.15) is 16.8 Å². The molecule has 0 aliphatic rings. The summed E-state index contributed by atoms with van der Waals surface area (Å²) in [6, 6.07) is 1.78. The topological polar surface area (TPSA) is 45.9 Å². The van der Waals surface area contributed by atoms with Gasteiger partial charge in [-0.15, -0.1) is 13.2 Å². The molecule has 0 aliphatic heterocycles. The lowest BCUT2D eigenvalue weighted by Crippen LogP contribution is -2.18. The standard InChI is InChI=1S/C9H7F3N2O/c1-5-7(3-13)6(2)14-4-8(5)15-9(10,11)12/h4H,1-2H3. The van der Waals surface area contributed by atoms with Gasteiger partial charge in [-0.25, -0.2) is 0 Å². The maximum Gasteiger partial charge on any atom is 0.573 e. The van der Waals surface area contributed by atoms with Gasteiger partial charge in [0.05, 0.1) is 17.5 Å². The largest absolute Gasteiger partial charge is 0.573 e.